The number of aryl methyl sites for hydroxylation is 1. The normalized spacial score (nSPS) is 13.1. The number of thiophene rings is 1. The van der Waals surface area contributed by atoms with Gasteiger partial charge in [0, 0.05) is 12.0 Å². The van der Waals surface area contributed by atoms with Gasteiger partial charge in [-0.25, -0.2) is 0 Å². The molecule has 13 heavy (non-hydrogen) atoms. The number of methoxy groups -OCH3 is 1. The van der Waals surface area contributed by atoms with Gasteiger partial charge in [0.2, 0.25) is 0 Å². The minimum atomic E-state index is -0.301. The number of ether oxygens (including phenoxy) is 1. The maximum atomic E-state index is 9.36. The molecule has 1 aromatic heterocycles. The molecule has 0 spiro atoms. The third kappa shape index (κ3) is 4.41. The molecule has 0 saturated heterocycles. The number of aliphatic hydroxyl groups excluding tert-OH is 1. The average Bonchev–Trinajstić information content (AvgIpc) is 2.57. The Morgan fingerprint density at radius 3 is 3.08 bits per heavy atom. The van der Waals surface area contributed by atoms with Crippen molar-refractivity contribution in [1.29, 1.82) is 0 Å². The number of rotatable bonds is 6. The first-order valence-corrected chi connectivity index (χ1v) is 5.40. The van der Waals surface area contributed by atoms with Gasteiger partial charge < -0.3 is 9.84 Å². The second-order valence-corrected chi connectivity index (χ2v) is 4.11. The van der Waals surface area contributed by atoms with E-state index in [0.29, 0.717) is 6.61 Å². The molecular formula is C10H16O2S. The summed E-state index contributed by atoms with van der Waals surface area (Å²) in [6.45, 7) is 0.449. The van der Waals surface area contributed by atoms with Crippen molar-refractivity contribution >= 4 is 11.3 Å². The average molecular weight is 200 g/mol. The molecule has 0 amide bonds. The van der Waals surface area contributed by atoms with E-state index in [0.717, 1.165) is 19.3 Å². The molecule has 0 saturated carbocycles. The van der Waals surface area contributed by atoms with E-state index in [2.05, 4.69) is 17.5 Å². The molecular weight excluding hydrogens is 184 g/mol. The Morgan fingerprint density at radius 2 is 2.46 bits per heavy atom. The van der Waals surface area contributed by atoms with Crippen molar-refractivity contribution in [3.05, 3.63) is 22.4 Å². The highest BCUT2D eigenvalue weighted by atomic mass is 32.1. The van der Waals surface area contributed by atoms with Crippen molar-refractivity contribution in [3.8, 4) is 0 Å². The lowest BCUT2D eigenvalue weighted by Gasteiger charge is -2.07. The summed E-state index contributed by atoms with van der Waals surface area (Å²) >= 11 is 1.78. The molecule has 0 aromatic carbocycles. The molecule has 0 aliphatic carbocycles. The summed E-state index contributed by atoms with van der Waals surface area (Å²) in [5.41, 5.74) is 0. The van der Waals surface area contributed by atoms with E-state index >= 15 is 0 Å². The van der Waals surface area contributed by atoms with Gasteiger partial charge in [-0.1, -0.05) is 6.07 Å². The molecule has 74 valence electrons. The standard InChI is InChI=1S/C10H16O2S/c1-12-8-9(11)4-2-5-10-6-3-7-13-10/h3,6-7,9,11H,2,4-5,8H2,1H3. The summed E-state index contributed by atoms with van der Waals surface area (Å²) in [6, 6.07) is 4.19. The number of hydrogen-bond acceptors (Lipinski definition) is 3. The van der Waals surface area contributed by atoms with Crippen LogP contribution in [0, 0.1) is 0 Å². The van der Waals surface area contributed by atoms with E-state index in [-0.39, 0.29) is 6.10 Å². The fourth-order valence-electron chi connectivity index (χ4n) is 1.24. The zero-order valence-corrected chi connectivity index (χ0v) is 8.72. The number of aliphatic hydroxyl groups is 1. The number of hydrogen-bond donors (Lipinski definition) is 1. The lowest BCUT2D eigenvalue weighted by Crippen LogP contribution is -2.13. The third-order valence-electron chi connectivity index (χ3n) is 1.90. The smallest absolute Gasteiger partial charge is 0.0773 e. The highest BCUT2D eigenvalue weighted by molar-refractivity contribution is 7.09. The lowest BCUT2D eigenvalue weighted by molar-refractivity contribution is 0.0581. The van der Waals surface area contributed by atoms with Crippen molar-refractivity contribution in [3.63, 3.8) is 0 Å². The summed E-state index contributed by atoms with van der Waals surface area (Å²) < 4.78 is 4.84. The van der Waals surface area contributed by atoms with Gasteiger partial charge in [-0.15, -0.1) is 11.3 Å². The highest BCUT2D eigenvalue weighted by Gasteiger charge is 2.02. The topological polar surface area (TPSA) is 29.5 Å². The van der Waals surface area contributed by atoms with Crippen molar-refractivity contribution in [2.45, 2.75) is 25.4 Å². The predicted molar refractivity (Wildman–Crippen MR) is 55.1 cm³/mol. The van der Waals surface area contributed by atoms with Crippen LogP contribution in [0.4, 0.5) is 0 Å². The fraction of sp³-hybridized carbons (Fsp3) is 0.600. The Hall–Kier alpha value is -0.380. The molecule has 0 aliphatic rings. The molecule has 0 aliphatic heterocycles. The third-order valence-corrected chi connectivity index (χ3v) is 2.84. The van der Waals surface area contributed by atoms with E-state index in [9.17, 15) is 5.11 Å². The Bertz CT molecular complexity index is 209. The largest absolute Gasteiger partial charge is 0.391 e. The van der Waals surface area contributed by atoms with Gasteiger partial charge in [-0.2, -0.15) is 0 Å². The molecule has 3 heteroatoms. The molecule has 2 nitrogen and oxygen atoms in total. The predicted octanol–water partition coefficient (Wildman–Crippen LogP) is 2.08. The summed E-state index contributed by atoms with van der Waals surface area (Å²) in [5.74, 6) is 0. The summed E-state index contributed by atoms with van der Waals surface area (Å²) in [4.78, 5) is 1.39. The minimum absolute atomic E-state index is 0.301. The summed E-state index contributed by atoms with van der Waals surface area (Å²) in [6.07, 6.45) is 2.62. The Balaban J connectivity index is 2.07. The maximum Gasteiger partial charge on any atom is 0.0773 e. The monoisotopic (exact) mass is 200 g/mol. The van der Waals surface area contributed by atoms with Crippen LogP contribution in [0.3, 0.4) is 0 Å². The van der Waals surface area contributed by atoms with Crippen molar-refractivity contribution in [2.24, 2.45) is 0 Å². The first-order valence-electron chi connectivity index (χ1n) is 4.52. The summed E-state index contributed by atoms with van der Waals surface area (Å²) in [5, 5.41) is 11.4. The molecule has 0 radical (unpaired) electrons. The fourth-order valence-corrected chi connectivity index (χ4v) is 1.99. The highest BCUT2D eigenvalue weighted by Crippen LogP contribution is 2.12. The molecule has 1 aromatic rings. The van der Waals surface area contributed by atoms with Gasteiger partial charge in [0.1, 0.15) is 0 Å². The van der Waals surface area contributed by atoms with Gasteiger partial charge in [0.15, 0.2) is 0 Å². The van der Waals surface area contributed by atoms with Crippen LogP contribution >= 0.6 is 11.3 Å². The van der Waals surface area contributed by atoms with Gasteiger partial charge in [-0.05, 0) is 30.7 Å². The minimum Gasteiger partial charge on any atom is -0.391 e. The van der Waals surface area contributed by atoms with Crippen LogP contribution in [-0.4, -0.2) is 24.9 Å². The van der Waals surface area contributed by atoms with Crippen LogP contribution in [0.15, 0.2) is 17.5 Å². The Labute approximate surface area is 83.2 Å². The summed E-state index contributed by atoms with van der Waals surface area (Å²) in [7, 11) is 1.61. The molecule has 0 bridgehead atoms. The molecule has 1 rings (SSSR count). The van der Waals surface area contributed by atoms with E-state index in [1.165, 1.54) is 4.88 Å². The lowest BCUT2D eigenvalue weighted by atomic mass is 10.1. The van der Waals surface area contributed by atoms with Gasteiger partial charge in [0.05, 0.1) is 12.7 Å². The van der Waals surface area contributed by atoms with Crippen LogP contribution in [0.5, 0.6) is 0 Å². The van der Waals surface area contributed by atoms with E-state index in [4.69, 9.17) is 4.74 Å². The van der Waals surface area contributed by atoms with Crippen molar-refractivity contribution < 1.29 is 9.84 Å². The quantitative estimate of drug-likeness (QED) is 0.762. The Morgan fingerprint density at radius 1 is 1.62 bits per heavy atom. The molecule has 0 fully saturated rings. The zero-order chi connectivity index (χ0) is 9.52. The van der Waals surface area contributed by atoms with Crippen LogP contribution in [0.1, 0.15) is 17.7 Å². The Kier molecular flexibility index (Phi) is 5.05. The molecule has 1 heterocycles. The molecule has 1 N–H and O–H groups in total. The first-order chi connectivity index (χ1) is 6.33. The van der Waals surface area contributed by atoms with E-state index in [1.807, 2.05) is 0 Å². The maximum absolute atomic E-state index is 9.36. The van der Waals surface area contributed by atoms with Crippen LogP contribution in [-0.2, 0) is 11.2 Å². The van der Waals surface area contributed by atoms with Crippen LogP contribution in [0.25, 0.3) is 0 Å². The second-order valence-electron chi connectivity index (χ2n) is 3.08. The van der Waals surface area contributed by atoms with Crippen molar-refractivity contribution in [2.75, 3.05) is 13.7 Å². The van der Waals surface area contributed by atoms with E-state index in [1.54, 1.807) is 18.4 Å². The van der Waals surface area contributed by atoms with E-state index < -0.39 is 0 Å². The van der Waals surface area contributed by atoms with Crippen LogP contribution in [0.2, 0.25) is 0 Å². The molecule has 1 atom stereocenters. The van der Waals surface area contributed by atoms with Gasteiger partial charge in [-0.3, -0.25) is 0 Å². The molecule has 1 unspecified atom stereocenters. The SMILES string of the molecule is COCC(O)CCCc1cccs1. The van der Waals surface area contributed by atoms with Gasteiger partial charge >= 0.3 is 0 Å². The van der Waals surface area contributed by atoms with Crippen molar-refractivity contribution in [1.82, 2.24) is 0 Å². The second kappa shape index (κ2) is 6.13. The zero-order valence-electron chi connectivity index (χ0n) is 7.90. The first kappa shape index (κ1) is 10.7. The van der Waals surface area contributed by atoms with Crippen LogP contribution < -0.4 is 0 Å². The van der Waals surface area contributed by atoms with Gasteiger partial charge in [0.25, 0.3) is 0 Å².